The predicted molar refractivity (Wildman–Crippen MR) is 65.5 cm³/mol. The molecule has 0 bridgehead atoms. The van der Waals surface area contributed by atoms with Crippen LogP contribution in [-0.2, 0) is 0 Å². The van der Waals surface area contributed by atoms with Gasteiger partial charge in [-0.05, 0) is 33.1 Å². The minimum atomic E-state index is 0.103. The van der Waals surface area contributed by atoms with Crippen LogP contribution in [0.5, 0.6) is 0 Å². The molecule has 0 aromatic carbocycles. The highest BCUT2D eigenvalue weighted by molar-refractivity contribution is 7.15. The summed E-state index contributed by atoms with van der Waals surface area (Å²) < 4.78 is 0. The van der Waals surface area contributed by atoms with Gasteiger partial charge in [0.1, 0.15) is 0 Å². The first kappa shape index (κ1) is 10.9. The average Bonchev–Trinajstić information content (AvgIpc) is 2.44. The van der Waals surface area contributed by atoms with Crippen LogP contribution in [0.2, 0.25) is 0 Å². The van der Waals surface area contributed by atoms with Crippen molar-refractivity contribution in [2.24, 2.45) is 5.73 Å². The van der Waals surface area contributed by atoms with Crippen molar-refractivity contribution in [1.29, 1.82) is 0 Å². The molecule has 2 rings (SSSR count). The number of nitrogens with zero attached hydrogens (tertiary/aromatic N) is 2. The summed E-state index contributed by atoms with van der Waals surface area (Å²) in [7, 11) is 2.15. The van der Waals surface area contributed by atoms with Gasteiger partial charge in [0.25, 0.3) is 0 Å². The standard InChI is InChI=1S/C11H19N3S/c1-7(12)10-8(2)13-11(15-10)14(3)9-5-4-6-9/h7,9H,4-6,12H2,1-3H3. The van der Waals surface area contributed by atoms with Crippen LogP contribution >= 0.6 is 11.3 Å². The monoisotopic (exact) mass is 225 g/mol. The maximum absolute atomic E-state index is 5.90. The fourth-order valence-electron chi connectivity index (χ4n) is 1.90. The van der Waals surface area contributed by atoms with Crippen molar-refractivity contribution in [3.63, 3.8) is 0 Å². The zero-order valence-electron chi connectivity index (χ0n) is 9.66. The Morgan fingerprint density at radius 1 is 1.53 bits per heavy atom. The molecule has 1 unspecified atom stereocenters. The second kappa shape index (κ2) is 4.10. The smallest absolute Gasteiger partial charge is 0.185 e. The first-order chi connectivity index (χ1) is 7.09. The summed E-state index contributed by atoms with van der Waals surface area (Å²) in [5.41, 5.74) is 7.00. The Bertz CT molecular complexity index is 342. The molecule has 1 atom stereocenters. The highest BCUT2D eigenvalue weighted by Crippen LogP contribution is 2.34. The van der Waals surface area contributed by atoms with Crippen LogP contribution in [-0.4, -0.2) is 18.1 Å². The van der Waals surface area contributed by atoms with E-state index in [0.29, 0.717) is 6.04 Å². The largest absolute Gasteiger partial charge is 0.348 e. The van der Waals surface area contributed by atoms with Gasteiger partial charge in [0.15, 0.2) is 5.13 Å². The Kier molecular flexibility index (Phi) is 2.98. The normalized spacial score (nSPS) is 18.7. The molecule has 4 heteroatoms. The highest BCUT2D eigenvalue weighted by atomic mass is 32.1. The lowest BCUT2D eigenvalue weighted by Crippen LogP contribution is -2.36. The molecule has 0 aliphatic heterocycles. The Morgan fingerprint density at radius 2 is 2.20 bits per heavy atom. The number of hydrogen-bond acceptors (Lipinski definition) is 4. The number of rotatable bonds is 3. The molecule has 1 heterocycles. The molecular formula is C11H19N3S. The summed E-state index contributed by atoms with van der Waals surface area (Å²) >= 11 is 1.74. The lowest BCUT2D eigenvalue weighted by Gasteiger charge is -2.34. The van der Waals surface area contributed by atoms with Gasteiger partial charge >= 0.3 is 0 Å². The SMILES string of the molecule is Cc1nc(N(C)C2CCC2)sc1C(C)N. The third-order valence-electron chi connectivity index (χ3n) is 3.16. The summed E-state index contributed by atoms with van der Waals surface area (Å²) in [6.07, 6.45) is 3.98. The van der Waals surface area contributed by atoms with Crippen LogP contribution in [0.25, 0.3) is 0 Å². The minimum absolute atomic E-state index is 0.103. The summed E-state index contributed by atoms with van der Waals surface area (Å²) in [6.45, 7) is 4.07. The first-order valence-electron chi connectivity index (χ1n) is 5.55. The molecule has 0 spiro atoms. The first-order valence-corrected chi connectivity index (χ1v) is 6.37. The number of anilines is 1. The van der Waals surface area contributed by atoms with Crippen molar-refractivity contribution in [3.8, 4) is 0 Å². The molecule has 1 aromatic rings. The number of hydrogen-bond donors (Lipinski definition) is 1. The van der Waals surface area contributed by atoms with E-state index in [2.05, 4.69) is 16.9 Å². The maximum Gasteiger partial charge on any atom is 0.185 e. The van der Waals surface area contributed by atoms with Crippen LogP contribution in [0, 0.1) is 6.92 Å². The Hall–Kier alpha value is -0.610. The van der Waals surface area contributed by atoms with Gasteiger partial charge in [-0.1, -0.05) is 0 Å². The van der Waals surface area contributed by atoms with E-state index in [1.807, 2.05) is 13.8 Å². The second-order valence-corrected chi connectivity index (χ2v) is 5.44. The number of nitrogens with two attached hydrogens (primary N) is 1. The zero-order valence-corrected chi connectivity index (χ0v) is 10.5. The molecule has 2 N–H and O–H groups in total. The Morgan fingerprint density at radius 3 is 2.60 bits per heavy atom. The summed E-state index contributed by atoms with van der Waals surface area (Å²) in [5.74, 6) is 0. The van der Waals surface area contributed by atoms with Crippen molar-refractivity contribution in [1.82, 2.24) is 4.98 Å². The molecule has 1 fully saturated rings. The van der Waals surface area contributed by atoms with Gasteiger partial charge in [0.2, 0.25) is 0 Å². The fraction of sp³-hybridized carbons (Fsp3) is 0.727. The zero-order chi connectivity index (χ0) is 11.0. The number of aromatic nitrogens is 1. The van der Waals surface area contributed by atoms with Crippen molar-refractivity contribution < 1.29 is 0 Å². The summed E-state index contributed by atoms with van der Waals surface area (Å²) in [4.78, 5) is 8.13. The minimum Gasteiger partial charge on any atom is -0.348 e. The van der Waals surface area contributed by atoms with E-state index in [4.69, 9.17) is 5.73 Å². The topological polar surface area (TPSA) is 42.2 Å². The van der Waals surface area contributed by atoms with Gasteiger partial charge in [-0.2, -0.15) is 0 Å². The molecule has 3 nitrogen and oxygen atoms in total. The molecule has 1 saturated carbocycles. The maximum atomic E-state index is 5.90. The van der Waals surface area contributed by atoms with E-state index in [-0.39, 0.29) is 6.04 Å². The molecule has 84 valence electrons. The molecule has 0 saturated heterocycles. The van der Waals surface area contributed by atoms with Gasteiger partial charge in [-0.15, -0.1) is 11.3 Å². The fourth-order valence-corrected chi connectivity index (χ4v) is 2.95. The molecular weight excluding hydrogens is 206 g/mol. The predicted octanol–water partition coefficient (Wildman–Crippen LogP) is 2.46. The van der Waals surface area contributed by atoms with Crippen molar-refractivity contribution in [2.45, 2.75) is 45.2 Å². The summed E-state index contributed by atoms with van der Waals surface area (Å²) in [5, 5.41) is 1.13. The van der Waals surface area contributed by atoms with E-state index in [1.165, 1.54) is 24.1 Å². The Labute approximate surface area is 95.3 Å². The van der Waals surface area contributed by atoms with Crippen molar-refractivity contribution in [3.05, 3.63) is 10.6 Å². The highest BCUT2D eigenvalue weighted by Gasteiger charge is 2.25. The van der Waals surface area contributed by atoms with E-state index in [9.17, 15) is 0 Å². The lowest BCUT2D eigenvalue weighted by molar-refractivity contribution is 0.401. The van der Waals surface area contributed by atoms with Gasteiger partial charge in [-0.25, -0.2) is 4.98 Å². The third kappa shape index (κ3) is 2.01. The average molecular weight is 225 g/mol. The number of thiazole rings is 1. The quantitative estimate of drug-likeness (QED) is 0.859. The van der Waals surface area contributed by atoms with Crippen LogP contribution in [0.15, 0.2) is 0 Å². The van der Waals surface area contributed by atoms with E-state index in [1.54, 1.807) is 11.3 Å². The van der Waals surface area contributed by atoms with Gasteiger partial charge in [-0.3, -0.25) is 0 Å². The van der Waals surface area contributed by atoms with Crippen molar-refractivity contribution >= 4 is 16.5 Å². The molecule has 1 aliphatic rings. The van der Waals surface area contributed by atoms with Crippen LogP contribution in [0.4, 0.5) is 5.13 Å². The summed E-state index contributed by atoms with van der Waals surface area (Å²) in [6, 6.07) is 0.808. The molecule has 0 radical (unpaired) electrons. The van der Waals surface area contributed by atoms with Crippen LogP contribution in [0.1, 0.15) is 42.8 Å². The molecule has 1 aromatic heterocycles. The van der Waals surface area contributed by atoms with E-state index >= 15 is 0 Å². The lowest BCUT2D eigenvalue weighted by atomic mass is 9.92. The van der Waals surface area contributed by atoms with Gasteiger partial charge in [0, 0.05) is 24.0 Å². The third-order valence-corrected chi connectivity index (χ3v) is 4.61. The van der Waals surface area contributed by atoms with Crippen LogP contribution in [0.3, 0.4) is 0 Å². The Balaban J connectivity index is 2.17. The van der Waals surface area contributed by atoms with Gasteiger partial charge in [0.05, 0.1) is 5.69 Å². The van der Waals surface area contributed by atoms with Gasteiger partial charge < -0.3 is 10.6 Å². The number of aryl methyl sites for hydroxylation is 1. The van der Waals surface area contributed by atoms with Crippen LogP contribution < -0.4 is 10.6 Å². The molecule has 1 aliphatic carbocycles. The van der Waals surface area contributed by atoms with E-state index in [0.717, 1.165) is 10.8 Å². The van der Waals surface area contributed by atoms with Crippen molar-refractivity contribution in [2.75, 3.05) is 11.9 Å². The molecule has 0 amide bonds. The second-order valence-electron chi connectivity index (χ2n) is 4.43. The molecule has 15 heavy (non-hydrogen) atoms. The van der Waals surface area contributed by atoms with E-state index < -0.39 is 0 Å².